The summed E-state index contributed by atoms with van der Waals surface area (Å²) in [5.41, 5.74) is 0.142. The molecule has 0 aromatic heterocycles. The Balaban J connectivity index is 1.40. The Morgan fingerprint density at radius 2 is 1.89 bits per heavy atom. The molecule has 2 aromatic carbocycles. The highest BCUT2D eigenvalue weighted by atomic mass is 35.5. The minimum absolute atomic E-state index is 0.0150. The lowest BCUT2D eigenvalue weighted by Crippen LogP contribution is -2.51. The summed E-state index contributed by atoms with van der Waals surface area (Å²) in [7, 11) is -3.52. The highest BCUT2D eigenvalue weighted by Gasteiger charge is 2.56. The maximum Gasteiger partial charge on any atom is 0.254 e. The van der Waals surface area contributed by atoms with E-state index in [0.717, 1.165) is 24.8 Å². The summed E-state index contributed by atoms with van der Waals surface area (Å²) in [5.74, 6) is -2.55. The highest BCUT2D eigenvalue weighted by molar-refractivity contribution is 7.90. The Kier molecular flexibility index (Phi) is 6.09. The monoisotopic (exact) mass is 524 g/mol. The van der Waals surface area contributed by atoms with Crippen molar-refractivity contribution in [2.45, 2.75) is 35.9 Å². The van der Waals surface area contributed by atoms with Gasteiger partial charge in [0.05, 0.1) is 29.2 Å². The van der Waals surface area contributed by atoms with Gasteiger partial charge in [0.2, 0.25) is 5.91 Å². The summed E-state index contributed by atoms with van der Waals surface area (Å²) in [5, 5.41) is 2.46. The average Bonchev–Trinajstić information content (AvgIpc) is 3.43. The molecular weight excluding hydrogens is 502 g/mol. The molecule has 2 saturated heterocycles. The Labute approximate surface area is 206 Å². The molecule has 3 fully saturated rings. The lowest BCUT2D eigenvalue weighted by Gasteiger charge is -2.36. The number of hydrogen-bond donors (Lipinski definition) is 1. The van der Waals surface area contributed by atoms with Gasteiger partial charge in [0.15, 0.2) is 9.84 Å². The van der Waals surface area contributed by atoms with Crippen LogP contribution in [0.4, 0.5) is 8.78 Å². The number of carbonyl (C=O) groups excluding carboxylic acids is 2. The fourth-order valence-electron chi connectivity index (χ4n) is 4.91. The van der Waals surface area contributed by atoms with E-state index in [-0.39, 0.29) is 52.1 Å². The molecular formula is C24H23ClF2N2O5S. The fourth-order valence-corrected chi connectivity index (χ4v) is 5.73. The molecule has 2 amide bonds. The molecule has 7 nitrogen and oxygen atoms in total. The van der Waals surface area contributed by atoms with Crippen LogP contribution >= 0.6 is 11.6 Å². The van der Waals surface area contributed by atoms with Crippen LogP contribution in [0.2, 0.25) is 5.02 Å². The number of sulfone groups is 1. The van der Waals surface area contributed by atoms with Crippen LogP contribution < -0.4 is 5.32 Å². The Bertz CT molecular complexity index is 1320. The van der Waals surface area contributed by atoms with E-state index in [9.17, 15) is 26.8 Å². The summed E-state index contributed by atoms with van der Waals surface area (Å²) in [6.07, 6.45) is 2.26. The van der Waals surface area contributed by atoms with Crippen LogP contribution in [-0.2, 0) is 19.4 Å². The first-order valence-electron chi connectivity index (χ1n) is 11.2. The Morgan fingerprint density at radius 3 is 2.54 bits per heavy atom. The third kappa shape index (κ3) is 4.54. The molecule has 4 atom stereocenters. The predicted octanol–water partition coefficient (Wildman–Crippen LogP) is 3.13. The van der Waals surface area contributed by atoms with Crippen molar-refractivity contribution in [2.75, 3.05) is 19.5 Å². The largest absolute Gasteiger partial charge is 0.381 e. The average molecular weight is 525 g/mol. The van der Waals surface area contributed by atoms with Crippen LogP contribution in [0.15, 0.2) is 41.3 Å². The number of hydrogen-bond acceptors (Lipinski definition) is 5. The number of nitrogens with one attached hydrogen (secondary N) is 1. The van der Waals surface area contributed by atoms with Crippen molar-refractivity contribution in [3.63, 3.8) is 0 Å². The number of likely N-dealkylation sites (tertiary alicyclic amines) is 1. The maximum absolute atomic E-state index is 14.7. The van der Waals surface area contributed by atoms with Crippen LogP contribution in [0.3, 0.4) is 0 Å². The smallest absolute Gasteiger partial charge is 0.254 e. The zero-order valence-corrected chi connectivity index (χ0v) is 20.3. The molecule has 1 N–H and O–H groups in total. The normalized spacial score (nSPS) is 24.5. The van der Waals surface area contributed by atoms with Gasteiger partial charge in [0.25, 0.3) is 5.91 Å². The van der Waals surface area contributed by atoms with Crippen molar-refractivity contribution in [3.8, 4) is 0 Å². The van der Waals surface area contributed by atoms with E-state index in [1.165, 1.54) is 29.2 Å². The molecule has 3 aliphatic rings. The molecule has 2 heterocycles. The summed E-state index contributed by atoms with van der Waals surface area (Å²) < 4.78 is 57.9. The molecule has 2 aromatic rings. The van der Waals surface area contributed by atoms with Crippen molar-refractivity contribution < 1.29 is 31.5 Å². The highest BCUT2D eigenvalue weighted by Crippen LogP contribution is 2.48. The summed E-state index contributed by atoms with van der Waals surface area (Å²) >= 11 is 5.69. The van der Waals surface area contributed by atoms with Crippen LogP contribution in [0.5, 0.6) is 0 Å². The lowest BCUT2D eigenvalue weighted by molar-refractivity contribution is -0.128. The maximum atomic E-state index is 14.7. The van der Waals surface area contributed by atoms with Crippen LogP contribution in [0.25, 0.3) is 0 Å². The third-order valence-electron chi connectivity index (χ3n) is 6.96. The molecule has 35 heavy (non-hydrogen) atoms. The topological polar surface area (TPSA) is 92.8 Å². The van der Waals surface area contributed by atoms with E-state index in [1.54, 1.807) is 0 Å². The standard InChI is InChI=1S/C24H23ClF2N2O5S/c1-35(32,33)15-4-2-3-12(5-15)24(31)29-20-6-13(20)7-21(29)23(30)28-22(14-10-34-11-14)16-8-19(27)17(25)9-18(16)26/h2-5,8-9,13-14,20-22H,6-7,10-11H2,1H3,(H,28,30)/t13-,20-,21-,22-/m1/s1. The van der Waals surface area contributed by atoms with E-state index in [2.05, 4.69) is 5.32 Å². The number of amides is 2. The van der Waals surface area contributed by atoms with Gasteiger partial charge in [-0.1, -0.05) is 17.7 Å². The van der Waals surface area contributed by atoms with Crippen molar-refractivity contribution in [1.29, 1.82) is 0 Å². The quantitative estimate of drug-likeness (QED) is 0.586. The minimum Gasteiger partial charge on any atom is -0.381 e. The zero-order chi connectivity index (χ0) is 25.1. The van der Waals surface area contributed by atoms with Gasteiger partial charge in [-0.3, -0.25) is 9.59 Å². The number of carbonyl (C=O) groups is 2. The number of halogens is 3. The Morgan fingerprint density at radius 1 is 1.14 bits per heavy atom. The van der Waals surface area contributed by atoms with Gasteiger partial charge in [0.1, 0.15) is 17.7 Å². The van der Waals surface area contributed by atoms with Crippen LogP contribution in [0.1, 0.15) is 34.8 Å². The molecule has 1 aliphatic carbocycles. The van der Waals surface area contributed by atoms with Gasteiger partial charge in [-0.05, 0) is 49.1 Å². The Hall–Kier alpha value is -2.56. The molecule has 5 rings (SSSR count). The molecule has 11 heteroatoms. The van der Waals surface area contributed by atoms with Gasteiger partial charge >= 0.3 is 0 Å². The van der Waals surface area contributed by atoms with Gasteiger partial charge in [-0.25, -0.2) is 17.2 Å². The number of ether oxygens (including phenoxy) is 1. The summed E-state index contributed by atoms with van der Waals surface area (Å²) in [4.78, 5) is 28.3. The minimum atomic E-state index is -3.52. The molecule has 186 valence electrons. The summed E-state index contributed by atoms with van der Waals surface area (Å²) in [6.45, 7) is 0.539. The first-order chi connectivity index (χ1) is 16.5. The second kappa shape index (κ2) is 8.83. The van der Waals surface area contributed by atoms with Crippen molar-refractivity contribution in [2.24, 2.45) is 11.8 Å². The van der Waals surface area contributed by atoms with Gasteiger partial charge in [-0.15, -0.1) is 0 Å². The third-order valence-corrected chi connectivity index (χ3v) is 8.36. The second-order valence-electron chi connectivity index (χ2n) is 9.40. The second-order valence-corrected chi connectivity index (χ2v) is 11.8. The van der Waals surface area contributed by atoms with Gasteiger partial charge in [-0.2, -0.15) is 0 Å². The van der Waals surface area contributed by atoms with E-state index >= 15 is 0 Å². The summed E-state index contributed by atoms with van der Waals surface area (Å²) in [6, 6.07) is 5.80. The molecule has 0 unspecified atom stereocenters. The SMILES string of the molecule is CS(=O)(=O)c1cccc(C(=O)N2[C@@H](C(=O)N[C@@H](c3cc(F)c(Cl)cc3F)C3COC3)C[C@H]3C[C@H]32)c1. The number of piperidine rings is 1. The first-order valence-corrected chi connectivity index (χ1v) is 13.5. The van der Waals surface area contributed by atoms with E-state index in [0.29, 0.717) is 6.42 Å². The number of rotatable bonds is 6. The molecule has 0 bridgehead atoms. The van der Waals surface area contributed by atoms with Crippen LogP contribution in [-0.4, -0.2) is 56.7 Å². The van der Waals surface area contributed by atoms with Gasteiger partial charge < -0.3 is 15.0 Å². The fraction of sp³-hybridized carbons (Fsp3) is 0.417. The van der Waals surface area contributed by atoms with Crippen LogP contribution in [0, 0.1) is 23.5 Å². The van der Waals surface area contributed by atoms with Crippen molar-refractivity contribution in [3.05, 3.63) is 64.2 Å². The number of benzene rings is 2. The number of nitrogens with zero attached hydrogens (tertiary/aromatic N) is 1. The van der Waals surface area contributed by atoms with Crippen molar-refractivity contribution >= 4 is 33.3 Å². The molecule has 2 aliphatic heterocycles. The van der Waals surface area contributed by atoms with E-state index < -0.39 is 45.4 Å². The molecule has 0 spiro atoms. The first kappa shape index (κ1) is 24.1. The zero-order valence-electron chi connectivity index (χ0n) is 18.7. The molecule has 1 saturated carbocycles. The lowest BCUT2D eigenvalue weighted by atomic mass is 9.90. The van der Waals surface area contributed by atoms with Gasteiger partial charge in [0, 0.05) is 29.3 Å². The van der Waals surface area contributed by atoms with E-state index in [4.69, 9.17) is 16.3 Å². The molecule has 0 radical (unpaired) electrons. The predicted molar refractivity (Wildman–Crippen MR) is 123 cm³/mol. The van der Waals surface area contributed by atoms with Crippen molar-refractivity contribution in [1.82, 2.24) is 10.2 Å². The van der Waals surface area contributed by atoms with E-state index in [1.807, 2.05) is 0 Å². The number of fused-ring (bicyclic) bond motifs is 1.